The Balaban J connectivity index is 1.90. The van der Waals surface area contributed by atoms with Gasteiger partial charge in [0.05, 0.1) is 18.4 Å². The Bertz CT molecular complexity index is 363. The van der Waals surface area contributed by atoms with Crippen LogP contribution in [-0.2, 0) is 14.4 Å². The highest BCUT2D eigenvalue weighted by atomic mass is 16.2. The Hall–Kier alpha value is -1.83. The molecule has 2 aliphatic rings. The highest BCUT2D eigenvalue weighted by Gasteiger charge is 2.58. The molecule has 0 radical (unpaired) electrons. The number of amides is 3. The van der Waals surface area contributed by atoms with Gasteiger partial charge in [0.1, 0.15) is 6.54 Å². The number of rotatable bonds is 3. The Labute approximate surface area is 86.8 Å². The zero-order valence-electron chi connectivity index (χ0n) is 8.03. The summed E-state index contributed by atoms with van der Waals surface area (Å²) in [4.78, 5) is 35.1. The van der Waals surface area contributed by atoms with Gasteiger partial charge in [0.25, 0.3) is 0 Å². The fraction of sp³-hybridized carbons (Fsp3) is 0.500. The predicted octanol–water partition coefficient (Wildman–Crippen LogP) is -1.26. The van der Waals surface area contributed by atoms with E-state index in [0.29, 0.717) is 6.42 Å². The van der Waals surface area contributed by atoms with Crippen molar-refractivity contribution in [3.8, 4) is 12.3 Å². The number of hydrogen-bond donors (Lipinski definition) is 1. The number of piperidine rings is 1. The molecular formula is C10H10N2O3. The molecule has 2 atom stereocenters. The molecule has 1 heterocycles. The first-order valence-electron chi connectivity index (χ1n) is 4.70. The molecule has 1 saturated carbocycles. The minimum atomic E-state index is -0.393. The van der Waals surface area contributed by atoms with Crippen molar-refractivity contribution < 1.29 is 14.4 Å². The fourth-order valence-electron chi connectivity index (χ4n) is 1.75. The van der Waals surface area contributed by atoms with Gasteiger partial charge in [-0.25, -0.2) is 0 Å². The van der Waals surface area contributed by atoms with E-state index in [1.165, 1.54) is 0 Å². The molecule has 2 fully saturated rings. The molecule has 2 rings (SSSR count). The van der Waals surface area contributed by atoms with Crippen LogP contribution in [0.1, 0.15) is 6.42 Å². The highest BCUT2D eigenvalue weighted by molar-refractivity contribution is 6.10. The van der Waals surface area contributed by atoms with E-state index >= 15 is 0 Å². The standard InChI is InChI=1S/C10H10N2O3/c1-2-3-11-8(13)5-12-9(14)6-4-7(6)10(12)15/h1,6-7H,3-5H2,(H,11,13). The summed E-state index contributed by atoms with van der Waals surface area (Å²) in [6.07, 6.45) is 5.61. The normalized spacial score (nSPS) is 27.3. The van der Waals surface area contributed by atoms with Crippen molar-refractivity contribution in [2.45, 2.75) is 6.42 Å². The summed E-state index contributed by atoms with van der Waals surface area (Å²) in [6, 6.07) is 0. The van der Waals surface area contributed by atoms with Gasteiger partial charge >= 0.3 is 0 Å². The summed E-state index contributed by atoms with van der Waals surface area (Å²) < 4.78 is 0. The Morgan fingerprint density at radius 3 is 2.60 bits per heavy atom. The fourth-order valence-corrected chi connectivity index (χ4v) is 1.75. The SMILES string of the molecule is C#CCNC(=O)CN1C(=O)C2CC2C1=O. The van der Waals surface area contributed by atoms with Gasteiger partial charge in [0, 0.05) is 0 Å². The average molecular weight is 206 g/mol. The lowest BCUT2D eigenvalue weighted by molar-refractivity contribution is -0.144. The Morgan fingerprint density at radius 1 is 1.47 bits per heavy atom. The third-order valence-corrected chi connectivity index (χ3v) is 2.65. The van der Waals surface area contributed by atoms with Gasteiger partial charge in [0.15, 0.2) is 0 Å². The number of likely N-dealkylation sites (tertiary alicyclic amines) is 1. The molecule has 1 saturated heterocycles. The first-order chi connectivity index (χ1) is 7.15. The summed E-state index contributed by atoms with van der Waals surface area (Å²) in [6.45, 7) is -0.0890. The van der Waals surface area contributed by atoms with Crippen LogP contribution in [0, 0.1) is 24.2 Å². The third kappa shape index (κ3) is 1.59. The summed E-state index contributed by atoms with van der Waals surface area (Å²) in [7, 11) is 0. The maximum absolute atomic E-state index is 11.5. The summed E-state index contributed by atoms with van der Waals surface area (Å²) in [5.41, 5.74) is 0. The van der Waals surface area contributed by atoms with Crippen LogP contribution in [0.15, 0.2) is 0 Å². The van der Waals surface area contributed by atoms with E-state index in [2.05, 4.69) is 11.2 Å². The summed E-state index contributed by atoms with van der Waals surface area (Å²) in [5, 5.41) is 2.41. The predicted molar refractivity (Wildman–Crippen MR) is 50.2 cm³/mol. The number of nitrogens with one attached hydrogen (secondary N) is 1. The summed E-state index contributed by atoms with van der Waals surface area (Å²) >= 11 is 0. The van der Waals surface area contributed by atoms with Crippen molar-refractivity contribution in [3.63, 3.8) is 0 Å². The molecule has 78 valence electrons. The van der Waals surface area contributed by atoms with Crippen molar-refractivity contribution >= 4 is 17.7 Å². The van der Waals surface area contributed by atoms with Crippen LogP contribution in [0.5, 0.6) is 0 Å². The van der Waals surface area contributed by atoms with Gasteiger partial charge in [-0.05, 0) is 6.42 Å². The molecule has 0 aromatic rings. The van der Waals surface area contributed by atoms with Gasteiger partial charge in [-0.1, -0.05) is 5.92 Å². The maximum Gasteiger partial charge on any atom is 0.240 e. The third-order valence-electron chi connectivity index (χ3n) is 2.65. The molecule has 5 heteroatoms. The van der Waals surface area contributed by atoms with E-state index in [1.807, 2.05) is 0 Å². The summed E-state index contributed by atoms with van der Waals surface area (Å²) in [5.74, 6) is 1.10. The number of imide groups is 1. The molecule has 1 aliphatic carbocycles. The van der Waals surface area contributed by atoms with Crippen LogP contribution >= 0.6 is 0 Å². The van der Waals surface area contributed by atoms with Crippen molar-refractivity contribution in [1.82, 2.24) is 10.2 Å². The van der Waals surface area contributed by atoms with Gasteiger partial charge in [0.2, 0.25) is 17.7 Å². The second-order valence-corrected chi connectivity index (χ2v) is 3.69. The second-order valence-electron chi connectivity index (χ2n) is 3.69. The molecule has 15 heavy (non-hydrogen) atoms. The number of carbonyl (C=O) groups is 3. The lowest BCUT2D eigenvalue weighted by atomic mass is 10.4. The molecule has 1 aliphatic heterocycles. The van der Waals surface area contributed by atoms with Gasteiger partial charge < -0.3 is 5.32 Å². The van der Waals surface area contributed by atoms with Crippen molar-refractivity contribution in [1.29, 1.82) is 0 Å². The Morgan fingerprint density at radius 2 is 2.07 bits per heavy atom. The van der Waals surface area contributed by atoms with Crippen LogP contribution in [0.2, 0.25) is 0 Å². The number of terminal acetylenes is 1. The number of nitrogens with zero attached hydrogens (tertiary/aromatic N) is 1. The monoisotopic (exact) mass is 206 g/mol. The van der Waals surface area contributed by atoms with E-state index in [-0.39, 0.29) is 36.7 Å². The molecule has 5 nitrogen and oxygen atoms in total. The first kappa shape index (κ1) is 9.71. The van der Waals surface area contributed by atoms with Crippen LogP contribution in [0.25, 0.3) is 0 Å². The lowest BCUT2D eigenvalue weighted by Crippen LogP contribution is -2.42. The van der Waals surface area contributed by atoms with Gasteiger partial charge in [-0.15, -0.1) is 6.42 Å². The lowest BCUT2D eigenvalue weighted by Gasteiger charge is -2.14. The quantitative estimate of drug-likeness (QED) is 0.463. The molecule has 3 amide bonds. The topological polar surface area (TPSA) is 66.5 Å². The number of hydrogen-bond acceptors (Lipinski definition) is 3. The minimum Gasteiger partial charge on any atom is -0.344 e. The van der Waals surface area contributed by atoms with Crippen molar-refractivity contribution in [2.24, 2.45) is 11.8 Å². The molecule has 1 N–H and O–H groups in total. The average Bonchev–Trinajstić information content (AvgIpc) is 2.96. The van der Waals surface area contributed by atoms with Gasteiger partial charge in [-0.2, -0.15) is 0 Å². The Kier molecular flexibility index (Phi) is 2.19. The molecule has 0 spiro atoms. The number of carbonyl (C=O) groups excluding carboxylic acids is 3. The molecule has 0 aromatic heterocycles. The van der Waals surface area contributed by atoms with Crippen molar-refractivity contribution in [3.05, 3.63) is 0 Å². The first-order valence-corrected chi connectivity index (χ1v) is 4.70. The minimum absolute atomic E-state index is 0.113. The van der Waals surface area contributed by atoms with E-state index in [4.69, 9.17) is 6.42 Å². The number of fused-ring (bicyclic) bond motifs is 1. The van der Waals surface area contributed by atoms with E-state index < -0.39 is 5.91 Å². The zero-order chi connectivity index (χ0) is 11.0. The van der Waals surface area contributed by atoms with Crippen LogP contribution in [0.4, 0.5) is 0 Å². The van der Waals surface area contributed by atoms with Crippen LogP contribution in [-0.4, -0.2) is 35.7 Å². The van der Waals surface area contributed by atoms with Gasteiger partial charge in [-0.3, -0.25) is 19.3 Å². The van der Waals surface area contributed by atoms with E-state index in [0.717, 1.165) is 4.90 Å². The zero-order valence-corrected chi connectivity index (χ0v) is 8.03. The molecule has 2 unspecified atom stereocenters. The second kappa shape index (κ2) is 3.39. The van der Waals surface area contributed by atoms with Crippen LogP contribution in [0.3, 0.4) is 0 Å². The van der Waals surface area contributed by atoms with E-state index in [1.54, 1.807) is 0 Å². The maximum atomic E-state index is 11.5. The molecule has 0 bridgehead atoms. The molecule has 0 aromatic carbocycles. The van der Waals surface area contributed by atoms with Crippen LogP contribution < -0.4 is 5.32 Å². The largest absolute Gasteiger partial charge is 0.344 e. The highest BCUT2D eigenvalue weighted by Crippen LogP contribution is 2.46. The van der Waals surface area contributed by atoms with E-state index in [9.17, 15) is 14.4 Å². The smallest absolute Gasteiger partial charge is 0.240 e. The van der Waals surface area contributed by atoms with Crippen molar-refractivity contribution in [2.75, 3.05) is 13.1 Å². The molecular weight excluding hydrogens is 196 g/mol.